The van der Waals surface area contributed by atoms with Crippen LogP contribution in [0.4, 0.5) is 0 Å². The first-order chi connectivity index (χ1) is 9.76. The van der Waals surface area contributed by atoms with E-state index in [1.165, 1.54) is 4.90 Å². The highest BCUT2D eigenvalue weighted by atomic mass is 32.2. The molecule has 0 spiro atoms. The summed E-state index contributed by atoms with van der Waals surface area (Å²) >= 11 is 0. The zero-order valence-corrected chi connectivity index (χ0v) is 13.2. The van der Waals surface area contributed by atoms with Crippen molar-refractivity contribution >= 4 is 21.7 Å². The van der Waals surface area contributed by atoms with Gasteiger partial charge in [0.15, 0.2) is 9.84 Å². The summed E-state index contributed by atoms with van der Waals surface area (Å²) in [4.78, 5) is 27.1. The fourth-order valence-corrected chi connectivity index (χ4v) is 3.89. The first-order valence-corrected chi connectivity index (χ1v) is 8.64. The Morgan fingerprint density at radius 2 is 1.95 bits per heavy atom. The summed E-state index contributed by atoms with van der Waals surface area (Å²) in [5.74, 6) is -1.61. The number of amides is 2. The van der Waals surface area contributed by atoms with Crippen LogP contribution in [0.25, 0.3) is 0 Å². The number of sulfone groups is 1. The molecule has 9 heteroatoms. The van der Waals surface area contributed by atoms with E-state index < -0.39 is 27.7 Å². The van der Waals surface area contributed by atoms with Crippen LogP contribution in [0.5, 0.6) is 0 Å². The Bertz CT molecular complexity index is 477. The molecule has 0 aromatic rings. The van der Waals surface area contributed by atoms with Crippen molar-refractivity contribution in [3.63, 3.8) is 0 Å². The summed E-state index contributed by atoms with van der Waals surface area (Å²) in [5.41, 5.74) is 0. The predicted molar refractivity (Wildman–Crippen MR) is 77.4 cm³/mol. The summed E-state index contributed by atoms with van der Waals surface area (Å²) < 4.78 is 23.1. The molecule has 1 fully saturated rings. The third-order valence-corrected chi connectivity index (χ3v) is 5.04. The number of likely N-dealkylation sites (N-methyl/N-ethyl adjacent to an activating group) is 1. The lowest BCUT2D eigenvalue weighted by atomic mass is 10.2. The van der Waals surface area contributed by atoms with E-state index in [-0.39, 0.29) is 24.7 Å². The molecule has 0 bridgehead atoms. The van der Waals surface area contributed by atoms with Crippen molar-refractivity contribution < 1.29 is 23.1 Å². The quantitative estimate of drug-likeness (QED) is 0.532. The number of carbonyl (C=O) groups excluding carboxylic acids is 2. The number of hydrogen-bond donors (Lipinski definition) is 2. The molecule has 21 heavy (non-hydrogen) atoms. The minimum Gasteiger partial charge on any atom is -0.395 e. The van der Waals surface area contributed by atoms with Crippen LogP contribution in [0.1, 0.15) is 6.42 Å². The summed E-state index contributed by atoms with van der Waals surface area (Å²) in [5, 5.41) is 11.0. The van der Waals surface area contributed by atoms with Crippen molar-refractivity contribution in [1.29, 1.82) is 0 Å². The molecule has 1 rings (SSSR count). The average Bonchev–Trinajstić information content (AvgIpc) is 2.75. The molecule has 1 unspecified atom stereocenters. The van der Waals surface area contributed by atoms with E-state index in [1.807, 2.05) is 19.0 Å². The molecule has 0 aromatic heterocycles. The normalized spacial score (nSPS) is 20.5. The van der Waals surface area contributed by atoms with E-state index in [9.17, 15) is 18.0 Å². The molecule has 122 valence electrons. The lowest BCUT2D eigenvalue weighted by Crippen LogP contribution is -2.50. The third-order valence-electron chi connectivity index (χ3n) is 3.29. The van der Waals surface area contributed by atoms with Crippen molar-refractivity contribution in [3.8, 4) is 0 Å². The van der Waals surface area contributed by atoms with Crippen LogP contribution in [-0.4, -0.2) is 93.0 Å². The Kier molecular flexibility index (Phi) is 6.56. The molecule has 1 aliphatic rings. The molecule has 1 saturated heterocycles. The number of hydrogen-bond acceptors (Lipinski definition) is 6. The van der Waals surface area contributed by atoms with E-state index in [2.05, 4.69) is 5.32 Å². The maximum atomic E-state index is 12.2. The maximum Gasteiger partial charge on any atom is 0.312 e. The van der Waals surface area contributed by atoms with Gasteiger partial charge in [-0.2, -0.15) is 0 Å². The zero-order chi connectivity index (χ0) is 16.0. The van der Waals surface area contributed by atoms with E-state index in [1.54, 1.807) is 0 Å². The molecular formula is C12H23N3O5S. The zero-order valence-electron chi connectivity index (χ0n) is 12.4. The van der Waals surface area contributed by atoms with Gasteiger partial charge < -0.3 is 20.2 Å². The van der Waals surface area contributed by atoms with E-state index in [0.29, 0.717) is 19.5 Å². The number of aliphatic hydroxyl groups excluding tert-OH is 1. The number of carbonyl (C=O) groups is 2. The van der Waals surface area contributed by atoms with Crippen LogP contribution in [0.3, 0.4) is 0 Å². The number of nitrogens with zero attached hydrogens (tertiary/aromatic N) is 2. The molecule has 0 saturated carbocycles. The molecule has 8 nitrogen and oxygen atoms in total. The van der Waals surface area contributed by atoms with E-state index >= 15 is 0 Å². The second-order valence-corrected chi connectivity index (χ2v) is 7.57. The van der Waals surface area contributed by atoms with Crippen LogP contribution in [-0.2, 0) is 19.4 Å². The van der Waals surface area contributed by atoms with Crippen LogP contribution < -0.4 is 5.32 Å². The Morgan fingerprint density at radius 1 is 1.29 bits per heavy atom. The molecule has 1 aliphatic heterocycles. The Hall–Kier alpha value is -1.19. The van der Waals surface area contributed by atoms with Gasteiger partial charge >= 0.3 is 11.8 Å². The molecule has 0 aromatic carbocycles. The predicted octanol–water partition coefficient (Wildman–Crippen LogP) is -2.33. The fraction of sp³-hybridized carbons (Fsp3) is 0.833. The summed E-state index contributed by atoms with van der Waals surface area (Å²) in [6.07, 6.45) is 0.356. The van der Waals surface area contributed by atoms with Crippen LogP contribution >= 0.6 is 0 Å². The van der Waals surface area contributed by atoms with E-state index in [0.717, 1.165) is 0 Å². The Morgan fingerprint density at radius 3 is 2.43 bits per heavy atom. The highest BCUT2D eigenvalue weighted by molar-refractivity contribution is 7.91. The summed E-state index contributed by atoms with van der Waals surface area (Å²) in [6.45, 7) is 0.567. The third kappa shape index (κ3) is 5.60. The first-order valence-electron chi connectivity index (χ1n) is 6.81. The second-order valence-electron chi connectivity index (χ2n) is 5.34. The fourth-order valence-electron chi connectivity index (χ4n) is 2.15. The van der Waals surface area contributed by atoms with Gasteiger partial charge in [-0.25, -0.2) is 8.42 Å². The van der Waals surface area contributed by atoms with Gasteiger partial charge in [-0.1, -0.05) is 0 Å². The SMILES string of the molecule is CN(C)CCN(C(=O)C(=O)NCCO)C1CCS(=O)(=O)C1. The minimum absolute atomic E-state index is 0.00490. The molecule has 0 aliphatic carbocycles. The lowest BCUT2D eigenvalue weighted by molar-refractivity contribution is -0.147. The van der Waals surface area contributed by atoms with Crippen LogP contribution in [0, 0.1) is 0 Å². The monoisotopic (exact) mass is 321 g/mol. The van der Waals surface area contributed by atoms with Crippen molar-refractivity contribution in [2.24, 2.45) is 0 Å². The molecule has 1 atom stereocenters. The minimum atomic E-state index is -3.13. The standard InChI is InChI=1S/C12H23N3O5S/c1-14(2)5-6-15(10-3-8-21(19,20)9-10)12(18)11(17)13-4-7-16/h10,16H,3-9H2,1-2H3,(H,13,17). The highest BCUT2D eigenvalue weighted by Gasteiger charge is 2.36. The molecule has 2 amide bonds. The number of nitrogens with one attached hydrogen (secondary N) is 1. The van der Waals surface area contributed by atoms with Crippen molar-refractivity contribution in [3.05, 3.63) is 0 Å². The highest BCUT2D eigenvalue weighted by Crippen LogP contribution is 2.18. The largest absolute Gasteiger partial charge is 0.395 e. The van der Waals surface area contributed by atoms with Gasteiger partial charge in [-0.15, -0.1) is 0 Å². The van der Waals surface area contributed by atoms with Gasteiger partial charge in [0.25, 0.3) is 0 Å². The molecule has 1 heterocycles. The van der Waals surface area contributed by atoms with Crippen LogP contribution in [0.15, 0.2) is 0 Å². The maximum absolute atomic E-state index is 12.2. The molecular weight excluding hydrogens is 298 g/mol. The lowest BCUT2D eigenvalue weighted by Gasteiger charge is -2.28. The molecule has 2 N–H and O–H groups in total. The summed E-state index contributed by atoms with van der Waals surface area (Å²) in [7, 11) is 0.532. The van der Waals surface area contributed by atoms with Crippen molar-refractivity contribution in [2.75, 3.05) is 51.8 Å². The van der Waals surface area contributed by atoms with Gasteiger partial charge in [-0.3, -0.25) is 9.59 Å². The van der Waals surface area contributed by atoms with Crippen LogP contribution in [0.2, 0.25) is 0 Å². The van der Waals surface area contributed by atoms with E-state index in [4.69, 9.17) is 5.11 Å². The summed E-state index contributed by atoms with van der Waals surface area (Å²) in [6, 6.07) is -0.456. The average molecular weight is 321 g/mol. The Labute approximate surface area is 125 Å². The molecule has 0 radical (unpaired) electrons. The topological polar surface area (TPSA) is 107 Å². The van der Waals surface area contributed by atoms with Crippen molar-refractivity contribution in [1.82, 2.24) is 15.1 Å². The van der Waals surface area contributed by atoms with Gasteiger partial charge in [0.1, 0.15) is 0 Å². The van der Waals surface area contributed by atoms with Gasteiger partial charge in [0, 0.05) is 25.7 Å². The number of rotatable bonds is 6. The number of aliphatic hydroxyl groups is 1. The van der Waals surface area contributed by atoms with Gasteiger partial charge in [-0.05, 0) is 20.5 Å². The Balaban J connectivity index is 2.76. The van der Waals surface area contributed by atoms with Crippen molar-refractivity contribution in [2.45, 2.75) is 12.5 Å². The first kappa shape index (κ1) is 17.9. The van der Waals surface area contributed by atoms with Gasteiger partial charge in [0.2, 0.25) is 0 Å². The van der Waals surface area contributed by atoms with Gasteiger partial charge in [0.05, 0.1) is 18.1 Å². The smallest absolute Gasteiger partial charge is 0.312 e. The second kappa shape index (κ2) is 7.71.